The summed E-state index contributed by atoms with van der Waals surface area (Å²) >= 11 is 0. The Kier molecular flexibility index (Phi) is 4.83. The maximum absolute atomic E-state index is 11.9. The molecular formula is C10H18N4O3S. The molecule has 0 bridgehead atoms. The largest absolute Gasteiger partial charge is 0.346 e. The number of amides is 1. The third-order valence-corrected chi connectivity index (χ3v) is 4.14. The van der Waals surface area contributed by atoms with Crippen molar-refractivity contribution < 1.29 is 13.2 Å². The Morgan fingerprint density at radius 3 is 2.44 bits per heavy atom. The summed E-state index contributed by atoms with van der Waals surface area (Å²) in [5.41, 5.74) is 0. The van der Waals surface area contributed by atoms with Crippen LogP contribution in [-0.2, 0) is 9.84 Å². The number of hydrogen-bond donors (Lipinski definition) is 0. The van der Waals surface area contributed by atoms with Crippen molar-refractivity contribution in [2.75, 3.05) is 18.8 Å². The van der Waals surface area contributed by atoms with Crippen molar-refractivity contribution in [3.63, 3.8) is 0 Å². The fraction of sp³-hybridized carbons (Fsp3) is 0.700. The van der Waals surface area contributed by atoms with Crippen LogP contribution in [0.5, 0.6) is 0 Å². The van der Waals surface area contributed by atoms with Crippen LogP contribution in [0.25, 0.3) is 0 Å². The molecule has 18 heavy (non-hydrogen) atoms. The number of aromatic nitrogens is 3. The van der Waals surface area contributed by atoms with Gasteiger partial charge < -0.3 is 4.90 Å². The van der Waals surface area contributed by atoms with Crippen molar-refractivity contribution in [2.45, 2.75) is 32.3 Å². The van der Waals surface area contributed by atoms with E-state index in [0.29, 0.717) is 19.5 Å². The molecule has 102 valence electrons. The molecule has 0 aliphatic rings. The molecule has 0 spiro atoms. The summed E-state index contributed by atoms with van der Waals surface area (Å²) in [5, 5.41) is 3.46. The normalized spacial score (nSPS) is 11.5. The Labute approximate surface area is 107 Å². The molecule has 7 nitrogen and oxygen atoms in total. The molecule has 0 atom stereocenters. The average Bonchev–Trinajstić information content (AvgIpc) is 2.80. The molecule has 1 rings (SSSR count). The molecule has 0 saturated heterocycles. The molecule has 0 unspecified atom stereocenters. The van der Waals surface area contributed by atoms with Crippen LogP contribution in [0.1, 0.15) is 27.2 Å². The number of hydrogen-bond acceptors (Lipinski definition) is 5. The monoisotopic (exact) mass is 274 g/mol. The van der Waals surface area contributed by atoms with Crippen molar-refractivity contribution in [1.82, 2.24) is 19.7 Å². The number of rotatable bonds is 5. The molecule has 1 heterocycles. The van der Waals surface area contributed by atoms with E-state index in [1.807, 2.05) is 13.8 Å². The van der Waals surface area contributed by atoms with Gasteiger partial charge in [-0.25, -0.2) is 18.2 Å². The van der Waals surface area contributed by atoms with Crippen LogP contribution in [0, 0.1) is 0 Å². The number of carbonyl (C=O) groups excluding carboxylic acids is 1. The van der Waals surface area contributed by atoms with E-state index in [1.165, 1.54) is 4.90 Å². The van der Waals surface area contributed by atoms with E-state index in [0.717, 1.165) is 11.0 Å². The van der Waals surface area contributed by atoms with Gasteiger partial charge in [0.25, 0.3) is 5.16 Å². The summed E-state index contributed by atoms with van der Waals surface area (Å²) in [6.07, 6.45) is 1.63. The predicted molar refractivity (Wildman–Crippen MR) is 66.1 cm³/mol. The molecular weight excluding hydrogens is 256 g/mol. The topological polar surface area (TPSA) is 85.2 Å². The van der Waals surface area contributed by atoms with Crippen LogP contribution in [0.15, 0.2) is 11.5 Å². The van der Waals surface area contributed by atoms with Gasteiger partial charge >= 0.3 is 6.03 Å². The third kappa shape index (κ3) is 3.06. The third-order valence-electron chi connectivity index (χ3n) is 2.45. The highest BCUT2D eigenvalue weighted by molar-refractivity contribution is 7.91. The number of sulfone groups is 1. The first-order chi connectivity index (χ1) is 8.46. The van der Waals surface area contributed by atoms with Gasteiger partial charge in [0.2, 0.25) is 9.84 Å². The summed E-state index contributed by atoms with van der Waals surface area (Å²) in [5.74, 6) is -0.0174. The minimum absolute atomic E-state index is 0.0174. The molecule has 1 aromatic heterocycles. The van der Waals surface area contributed by atoms with Gasteiger partial charge in [-0.15, -0.1) is 5.10 Å². The second-order valence-corrected chi connectivity index (χ2v) is 5.75. The van der Waals surface area contributed by atoms with Gasteiger partial charge in [0.15, 0.2) is 0 Å². The van der Waals surface area contributed by atoms with Crippen molar-refractivity contribution in [2.24, 2.45) is 0 Å². The smallest absolute Gasteiger partial charge is 0.323 e. The average molecular weight is 274 g/mol. The minimum atomic E-state index is -3.48. The highest BCUT2D eigenvalue weighted by atomic mass is 32.2. The summed E-state index contributed by atoms with van der Waals surface area (Å²) < 4.78 is 24.4. The van der Waals surface area contributed by atoms with Crippen LogP contribution in [0.3, 0.4) is 0 Å². The molecule has 0 aromatic carbocycles. The fourth-order valence-electron chi connectivity index (χ4n) is 1.48. The first-order valence-electron chi connectivity index (χ1n) is 5.89. The molecule has 8 heteroatoms. The zero-order valence-corrected chi connectivity index (χ0v) is 11.6. The van der Waals surface area contributed by atoms with E-state index >= 15 is 0 Å². The van der Waals surface area contributed by atoms with Gasteiger partial charge in [-0.05, 0) is 20.3 Å². The first kappa shape index (κ1) is 14.6. The highest BCUT2D eigenvalue weighted by Crippen LogP contribution is 2.06. The SMILES string of the molecule is CCCS(=O)(=O)c1ncn(C(=O)N(CC)CC)n1. The van der Waals surface area contributed by atoms with Gasteiger partial charge in [-0.1, -0.05) is 6.92 Å². The molecule has 0 N–H and O–H groups in total. The maximum Gasteiger partial charge on any atom is 0.346 e. The van der Waals surface area contributed by atoms with Crippen LogP contribution in [0.2, 0.25) is 0 Å². The quantitative estimate of drug-likeness (QED) is 0.791. The molecule has 0 saturated carbocycles. The maximum atomic E-state index is 11.9. The van der Waals surface area contributed by atoms with Crippen molar-refractivity contribution in [3.8, 4) is 0 Å². The Hall–Kier alpha value is -1.44. The van der Waals surface area contributed by atoms with Gasteiger partial charge in [0.1, 0.15) is 6.33 Å². The van der Waals surface area contributed by atoms with Gasteiger partial charge in [-0.3, -0.25) is 0 Å². The van der Waals surface area contributed by atoms with E-state index < -0.39 is 9.84 Å². The fourth-order valence-corrected chi connectivity index (χ4v) is 2.62. The molecule has 0 aliphatic heterocycles. The molecule has 0 fully saturated rings. The number of nitrogens with zero attached hydrogens (tertiary/aromatic N) is 4. The first-order valence-corrected chi connectivity index (χ1v) is 7.55. The van der Waals surface area contributed by atoms with Gasteiger partial charge in [-0.2, -0.15) is 4.68 Å². The zero-order chi connectivity index (χ0) is 13.8. The molecule has 1 amide bonds. The lowest BCUT2D eigenvalue weighted by Crippen LogP contribution is -2.34. The Bertz CT molecular complexity index is 505. The summed E-state index contributed by atoms with van der Waals surface area (Å²) in [4.78, 5) is 17.1. The van der Waals surface area contributed by atoms with E-state index in [4.69, 9.17) is 0 Å². The summed E-state index contributed by atoms with van der Waals surface area (Å²) in [6.45, 7) is 6.51. The predicted octanol–water partition coefficient (Wildman–Crippen LogP) is 0.772. The zero-order valence-electron chi connectivity index (χ0n) is 10.8. The van der Waals surface area contributed by atoms with Gasteiger partial charge in [0.05, 0.1) is 5.75 Å². The van der Waals surface area contributed by atoms with Crippen molar-refractivity contribution in [1.29, 1.82) is 0 Å². The molecule has 0 aliphatic carbocycles. The second kappa shape index (κ2) is 5.94. The Balaban J connectivity index is 2.97. The summed E-state index contributed by atoms with van der Waals surface area (Å²) in [7, 11) is -3.48. The van der Waals surface area contributed by atoms with E-state index in [2.05, 4.69) is 10.1 Å². The van der Waals surface area contributed by atoms with Crippen molar-refractivity contribution >= 4 is 15.9 Å². The lowest BCUT2D eigenvalue weighted by molar-refractivity contribution is 0.201. The van der Waals surface area contributed by atoms with Gasteiger partial charge in [0, 0.05) is 13.1 Å². The standard InChI is InChI=1S/C10H18N4O3S/c1-4-7-18(16,17)9-11-8-14(12-9)10(15)13(5-2)6-3/h8H,4-7H2,1-3H3. The minimum Gasteiger partial charge on any atom is -0.323 e. The van der Waals surface area contributed by atoms with Crippen LogP contribution in [0.4, 0.5) is 4.79 Å². The lowest BCUT2D eigenvalue weighted by Gasteiger charge is -2.17. The van der Waals surface area contributed by atoms with E-state index in [9.17, 15) is 13.2 Å². The second-order valence-electron chi connectivity index (χ2n) is 3.75. The molecule has 0 radical (unpaired) electrons. The Morgan fingerprint density at radius 2 is 1.94 bits per heavy atom. The van der Waals surface area contributed by atoms with E-state index in [1.54, 1.807) is 6.92 Å². The van der Waals surface area contributed by atoms with Crippen LogP contribution < -0.4 is 0 Å². The van der Waals surface area contributed by atoms with E-state index in [-0.39, 0.29) is 16.9 Å². The van der Waals surface area contributed by atoms with Crippen LogP contribution in [-0.4, -0.2) is 53.0 Å². The lowest BCUT2D eigenvalue weighted by atomic mass is 10.5. The molecule has 1 aromatic rings. The summed E-state index contributed by atoms with van der Waals surface area (Å²) in [6, 6.07) is -0.370. The Morgan fingerprint density at radius 1 is 1.33 bits per heavy atom. The van der Waals surface area contributed by atoms with Crippen LogP contribution >= 0.6 is 0 Å². The van der Waals surface area contributed by atoms with Crippen molar-refractivity contribution in [3.05, 3.63) is 6.33 Å². The number of carbonyl (C=O) groups is 1. The highest BCUT2D eigenvalue weighted by Gasteiger charge is 2.21.